The van der Waals surface area contributed by atoms with Gasteiger partial charge in [-0.2, -0.15) is 15.1 Å². The maximum atomic E-state index is 13.3. The fourth-order valence-corrected chi connectivity index (χ4v) is 4.66. The lowest BCUT2D eigenvalue weighted by molar-refractivity contribution is -0.114. The Morgan fingerprint density at radius 2 is 1.78 bits per heavy atom. The van der Waals surface area contributed by atoms with Gasteiger partial charge < -0.3 is 4.57 Å². The highest BCUT2D eigenvalue weighted by Crippen LogP contribution is 2.31. The second-order valence-corrected chi connectivity index (χ2v) is 8.39. The highest BCUT2D eigenvalue weighted by atomic mass is 32.2. The number of aliphatic imine (C=N–C) groups is 1. The maximum absolute atomic E-state index is 13.3. The first-order valence-electron chi connectivity index (χ1n) is 9.93. The van der Waals surface area contributed by atoms with E-state index >= 15 is 0 Å². The summed E-state index contributed by atoms with van der Waals surface area (Å²) < 4.78 is 15.3. The summed E-state index contributed by atoms with van der Waals surface area (Å²) in [6, 6.07) is 17.8. The Bertz CT molecular complexity index is 1350. The molecular weight excluding hydrogens is 425 g/mol. The molecule has 2 aromatic carbocycles. The molecule has 158 valence electrons. The summed E-state index contributed by atoms with van der Waals surface area (Å²) in [4.78, 5) is 16.9. The zero-order valence-electron chi connectivity index (χ0n) is 17.3. The third-order valence-electron chi connectivity index (χ3n) is 5.33. The molecule has 0 radical (unpaired) electrons. The van der Waals surface area contributed by atoms with Gasteiger partial charge in [0.25, 0.3) is 5.91 Å². The molecule has 0 spiro atoms. The van der Waals surface area contributed by atoms with Crippen LogP contribution in [-0.4, -0.2) is 31.5 Å². The molecule has 1 amide bonds. The summed E-state index contributed by atoms with van der Waals surface area (Å²) in [5, 5.41) is 15.6. The fourth-order valence-electron chi connectivity index (χ4n) is 3.77. The van der Waals surface area contributed by atoms with Gasteiger partial charge in [0.15, 0.2) is 5.84 Å². The van der Waals surface area contributed by atoms with Crippen molar-refractivity contribution in [2.75, 3.05) is 0 Å². The molecule has 1 N–H and O–H groups in total. The van der Waals surface area contributed by atoms with Crippen LogP contribution in [0.15, 0.2) is 76.3 Å². The normalized spacial score (nSPS) is 17.0. The molecule has 8 heteroatoms. The van der Waals surface area contributed by atoms with E-state index in [1.54, 1.807) is 18.2 Å². The Hall–Kier alpha value is -3.78. The molecule has 0 saturated carbocycles. The number of amidine groups is 2. The molecule has 6 nitrogen and oxygen atoms in total. The number of amides is 1. The van der Waals surface area contributed by atoms with Crippen LogP contribution in [-0.2, 0) is 4.79 Å². The molecule has 32 heavy (non-hydrogen) atoms. The van der Waals surface area contributed by atoms with Crippen molar-refractivity contribution in [3.8, 4) is 5.69 Å². The summed E-state index contributed by atoms with van der Waals surface area (Å²) in [5.74, 6) is -0.776. The van der Waals surface area contributed by atoms with Gasteiger partial charge in [0.05, 0.1) is 5.57 Å². The average Bonchev–Trinajstić information content (AvgIpc) is 3.33. The zero-order valence-corrected chi connectivity index (χ0v) is 18.2. The van der Waals surface area contributed by atoms with Crippen LogP contribution in [0.1, 0.15) is 22.5 Å². The van der Waals surface area contributed by atoms with Crippen molar-refractivity contribution >= 4 is 39.8 Å². The number of benzene rings is 2. The monoisotopic (exact) mass is 443 g/mol. The number of nitrogens with zero attached hydrogens (tertiary/aromatic N) is 4. The Labute approximate surface area is 188 Å². The molecule has 0 bridgehead atoms. The van der Waals surface area contributed by atoms with E-state index in [4.69, 9.17) is 5.41 Å². The smallest absolute Gasteiger partial charge is 0.283 e. The van der Waals surface area contributed by atoms with Crippen molar-refractivity contribution in [2.45, 2.75) is 13.8 Å². The first kappa shape index (κ1) is 20.1. The highest BCUT2D eigenvalue weighted by Gasteiger charge is 2.36. The standard InChI is InChI=1S/C24H18FN5OS/c1-14-12-17(15(2)29(14)19-10-8-18(25)9-11-19)13-20-21(26)30-24(27-22(20)31)32-23(28-30)16-6-4-3-5-7-16/h3-13,26H,1-2H3/b20-13+,26-21?. The largest absolute Gasteiger partial charge is 0.318 e. The number of halogens is 1. The van der Waals surface area contributed by atoms with Crippen LogP contribution in [0.25, 0.3) is 11.8 Å². The number of hydrogen-bond acceptors (Lipinski definition) is 4. The minimum Gasteiger partial charge on any atom is -0.318 e. The summed E-state index contributed by atoms with van der Waals surface area (Å²) >= 11 is 1.27. The van der Waals surface area contributed by atoms with Crippen molar-refractivity contribution in [1.82, 2.24) is 9.58 Å². The molecule has 1 aromatic heterocycles. The van der Waals surface area contributed by atoms with Crippen LogP contribution in [0.2, 0.25) is 0 Å². The molecule has 3 aromatic rings. The summed E-state index contributed by atoms with van der Waals surface area (Å²) in [5.41, 5.74) is 4.50. The second kappa shape index (κ2) is 7.72. The second-order valence-electron chi connectivity index (χ2n) is 7.43. The van der Waals surface area contributed by atoms with Crippen molar-refractivity contribution in [3.63, 3.8) is 0 Å². The fraction of sp³-hybridized carbons (Fsp3) is 0.0833. The zero-order chi connectivity index (χ0) is 22.4. The van der Waals surface area contributed by atoms with Gasteiger partial charge in [-0.25, -0.2) is 4.39 Å². The molecule has 2 aliphatic rings. The van der Waals surface area contributed by atoms with E-state index in [2.05, 4.69) is 10.1 Å². The third kappa shape index (κ3) is 3.38. The van der Waals surface area contributed by atoms with Gasteiger partial charge in [-0.15, -0.1) is 0 Å². The molecule has 0 saturated heterocycles. The van der Waals surface area contributed by atoms with E-state index in [1.165, 1.54) is 28.9 Å². The SMILES string of the molecule is Cc1cc(/C=C2\C(=N)N3N=C(c4ccccc4)SC3=NC2=O)c(C)n1-c1ccc(F)cc1. The summed E-state index contributed by atoms with van der Waals surface area (Å²) in [7, 11) is 0. The van der Waals surface area contributed by atoms with Gasteiger partial charge >= 0.3 is 0 Å². The number of thioether (sulfide) groups is 1. The van der Waals surface area contributed by atoms with Crippen molar-refractivity contribution in [1.29, 1.82) is 5.41 Å². The number of rotatable bonds is 3. The third-order valence-corrected chi connectivity index (χ3v) is 6.29. The van der Waals surface area contributed by atoms with E-state index in [0.29, 0.717) is 10.2 Å². The van der Waals surface area contributed by atoms with Crippen LogP contribution in [0.3, 0.4) is 0 Å². The number of carbonyl (C=O) groups is 1. The van der Waals surface area contributed by atoms with E-state index < -0.39 is 5.91 Å². The molecule has 3 heterocycles. The van der Waals surface area contributed by atoms with Crippen molar-refractivity contribution in [3.05, 3.63) is 94.6 Å². The van der Waals surface area contributed by atoms with Crippen LogP contribution >= 0.6 is 11.8 Å². The minimum absolute atomic E-state index is 0.00924. The Morgan fingerprint density at radius 3 is 2.50 bits per heavy atom. The van der Waals surface area contributed by atoms with Crippen LogP contribution in [0, 0.1) is 25.1 Å². The van der Waals surface area contributed by atoms with Gasteiger partial charge in [-0.3, -0.25) is 10.2 Å². The maximum Gasteiger partial charge on any atom is 0.283 e. The molecular formula is C24H18FN5OS. The summed E-state index contributed by atoms with van der Waals surface area (Å²) in [6.45, 7) is 3.86. The van der Waals surface area contributed by atoms with Gasteiger partial charge in [-0.05, 0) is 67.6 Å². The Kier molecular flexibility index (Phi) is 4.86. The minimum atomic E-state index is -0.468. The van der Waals surface area contributed by atoms with Crippen LogP contribution in [0.5, 0.6) is 0 Å². The quantitative estimate of drug-likeness (QED) is 0.585. The number of nitrogens with one attached hydrogen (secondary N) is 1. The number of fused-ring (bicyclic) bond motifs is 1. The first-order valence-corrected chi connectivity index (χ1v) is 10.7. The number of aryl methyl sites for hydroxylation is 1. The molecule has 0 atom stereocenters. The number of carbonyl (C=O) groups excluding carboxylic acids is 1. The van der Waals surface area contributed by atoms with Crippen molar-refractivity contribution < 1.29 is 9.18 Å². The Balaban J connectivity index is 1.51. The van der Waals surface area contributed by atoms with Crippen molar-refractivity contribution in [2.24, 2.45) is 10.1 Å². The van der Waals surface area contributed by atoms with Crippen LogP contribution < -0.4 is 0 Å². The lowest BCUT2D eigenvalue weighted by Crippen LogP contribution is -2.35. The van der Waals surface area contributed by atoms with Gasteiger partial charge in [0.1, 0.15) is 10.9 Å². The highest BCUT2D eigenvalue weighted by molar-refractivity contribution is 8.27. The van der Waals surface area contributed by atoms with E-state index in [9.17, 15) is 9.18 Å². The first-order chi connectivity index (χ1) is 15.4. The van der Waals surface area contributed by atoms with E-state index in [0.717, 1.165) is 28.2 Å². The predicted molar refractivity (Wildman–Crippen MR) is 126 cm³/mol. The number of aromatic nitrogens is 1. The van der Waals surface area contributed by atoms with Gasteiger partial charge in [0, 0.05) is 22.6 Å². The summed E-state index contributed by atoms with van der Waals surface area (Å²) in [6.07, 6.45) is 1.67. The molecule has 2 aliphatic heterocycles. The predicted octanol–water partition coefficient (Wildman–Crippen LogP) is 4.90. The van der Waals surface area contributed by atoms with E-state index in [-0.39, 0.29) is 17.2 Å². The lowest BCUT2D eigenvalue weighted by Gasteiger charge is -2.20. The average molecular weight is 444 g/mol. The Morgan fingerprint density at radius 1 is 1.06 bits per heavy atom. The van der Waals surface area contributed by atoms with Crippen LogP contribution in [0.4, 0.5) is 4.39 Å². The lowest BCUT2D eigenvalue weighted by atomic mass is 10.1. The topological polar surface area (TPSA) is 73.8 Å². The van der Waals surface area contributed by atoms with Gasteiger partial charge in [0.2, 0.25) is 5.17 Å². The molecule has 0 unspecified atom stereocenters. The number of hydrazone groups is 1. The molecule has 0 fully saturated rings. The molecule has 0 aliphatic carbocycles. The molecule has 5 rings (SSSR count). The van der Waals surface area contributed by atoms with Gasteiger partial charge in [-0.1, -0.05) is 30.3 Å². The van der Waals surface area contributed by atoms with E-state index in [1.807, 2.05) is 54.8 Å². The number of hydrogen-bond donors (Lipinski definition) is 1.